The van der Waals surface area contributed by atoms with Crippen molar-refractivity contribution in [2.24, 2.45) is 0 Å². The molecule has 1 aliphatic rings. The summed E-state index contributed by atoms with van der Waals surface area (Å²) in [5, 5.41) is 0. The SMILES string of the molecule is CC(C)(C)c1ccc(SCC2CCCCO2)cc1. The van der Waals surface area contributed by atoms with Crippen molar-refractivity contribution in [1.29, 1.82) is 0 Å². The Hall–Kier alpha value is -0.470. The Morgan fingerprint density at radius 1 is 1.17 bits per heavy atom. The summed E-state index contributed by atoms with van der Waals surface area (Å²) in [5.41, 5.74) is 1.65. The van der Waals surface area contributed by atoms with E-state index in [1.165, 1.54) is 29.7 Å². The molecule has 100 valence electrons. The molecule has 1 aliphatic heterocycles. The molecule has 1 fully saturated rings. The highest BCUT2D eigenvalue weighted by Crippen LogP contribution is 2.27. The molecule has 1 unspecified atom stereocenters. The lowest BCUT2D eigenvalue weighted by Crippen LogP contribution is -2.21. The third-order valence-electron chi connectivity index (χ3n) is 3.43. The van der Waals surface area contributed by atoms with Crippen molar-refractivity contribution in [3.8, 4) is 0 Å². The Morgan fingerprint density at radius 2 is 1.89 bits per heavy atom. The molecule has 1 atom stereocenters. The normalized spacial score (nSPS) is 20.9. The van der Waals surface area contributed by atoms with Crippen LogP contribution in [0.25, 0.3) is 0 Å². The summed E-state index contributed by atoms with van der Waals surface area (Å²) in [6.07, 6.45) is 4.26. The molecule has 0 N–H and O–H groups in total. The van der Waals surface area contributed by atoms with Gasteiger partial charge in [-0.25, -0.2) is 0 Å². The van der Waals surface area contributed by atoms with Crippen LogP contribution in [0.2, 0.25) is 0 Å². The van der Waals surface area contributed by atoms with Gasteiger partial charge in [-0.05, 0) is 42.4 Å². The summed E-state index contributed by atoms with van der Waals surface area (Å²) in [6, 6.07) is 9.00. The fourth-order valence-electron chi connectivity index (χ4n) is 2.18. The summed E-state index contributed by atoms with van der Waals surface area (Å²) < 4.78 is 5.76. The van der Waals surface area contributed by atoms with Crippen molar-refractivity contribution >= 4 is 11.8 Å². The zero-order chi connectivity index (χ0) is 13.0. The molecule has 2 rings (SSSR count). The summed E-state index contributed by atoms with van der Waals surface area (Å²) in [7, 11) is 0. The van der Waals surface area contributed by atoms with E-state index in [1.54, 1.807) is 0 Å². The minimum atomic E-state index is 0.246. The van der Waals surface area contributed by atoms with Gasteiger partial charge in [-0.2, -0.15) is 0 Å². The minimum Gasteiger partial charge on any atom is -0.377 e. The quantitative estimate of drug-likeness (QED) is 0.735. The van der Waals surface area contributed by atoms with Gasteiger partial charge in [0.05, 0.1) is 6.10 Å². The third-order valence-corrected chi connectivity index (χ3v) is 4.57. The highest BCUT2D eigenvalue weighted by Gasteiger charge is 2.15. The van der Waals surface area contributed by atoms with E-state index in [2.05, 4.69) is 45.0 Å². The van der Waals surface area contributed by atoms with Crippen LogP contribution in [-0.4, -0.2) is 18.5 Å². The maximum Gasteiger partial charge on any atom is 0.0669 e. The van der Waals surface area contributed by atoms with Gasteiger partial charge < -0.3 is 4.74 Å². The predicted octanol–water partition coefficient (Wildman–Crippen LogP) is 4.65. The van der Waals surface area contributed by atoms with Gasteiger partial charge in [0, 0.05) is 17.3 Å². The van der Waals surface area contributed by atoms with E-state index in [0.717, 1.165) is 12.4 Å². The second-order valence-corrected chi connectivity index (χ2v) is 7.17. The maximum atomic E-state index is 5.76. The number of hydrogen-bond donors (Lipinski definition) is 0. The van der Waals surface area contributed by atoms with Crippen LogP contribution < -0.4 is 0 Å². The molecule has 1 aromatic carbocycles. The van der Waals surface area contributed by atoms with Crippen molar-refractivity contribution in [3.05, 3.63) is 29.8 Å². The summed E-state index contributed by atoms with van der Waals surface area (Å²) >= 11 is 1.92. The Morgan fingerprint density at radius 3 is 2.44 bits per heavy atom. The van der Waals surface area contributed by atoms with Gasteiger partial charge in [-0.3, -0.25) is 0 Å². The van der Waals surface area contributed by atoms with Gasteiger partial charge in [0.2, 0.25) is 0 Å². The molecule has 0 aromatic heterocycles. The van der Waals surface area contributed by atoms with E-state index < -0.39 is 0 Å². The molecule has 0 spiro atoms. The average Bonchev–Trinajstić information content (AvgIpc) is 2.37. The van der Waals surface area contributed by atoms with Crippen LogP contribution in [0.15, 0.2) is 29.2 Å². The Kier molecular flexibility index (Phi) is 4.74. The molecular formula is C16H24OS. The minimum absolute atomic E-state index is 0.246. The Bertz CT molecular complexity index is 358. The van der Waals surface area contributed by atoms with Crippen LogP contribution in [0.5, 0.6) is 0 Å². The number of rotatable bonds is 3. The number of ether oxygens (including phenoxy) is 1. The second-order valence-electron chi connectivity index (χ2n) is 6.07. The highest BCUT2D eigenvalue weighted by atomic mass is 32.2. The first-order valence-electron chi connectivity index (χ1n) is 6.91. The van der Waals surface area contributed by atoms with E-state index in [9.17, 15) is 0 Å². The zero-order valence-corrected chi connectivity index (χ0v) is 12.6. The fraction of sp³-hybridized carbons (Fsp3) is 0.625. The maximum absolute atomic E-state index is 5.76. The van der Waals surface area contributed by atoms with E-state index >= 15 is 0 Å². The van der Waals surface area contributed by atoms with Gasteiger partial charge >= 0.3 is 0 Å². The van der Waals surface area contributed by atoms with Crippen LogP contribution in [0, 0.1) is 0 Å². The molecule has 0 radical (unpaired) electrons. The van der Waals surface area contributed by atoms with Gasteiger partial charge in [0.15, 0.2) is 0 Å². The first-order valence-corrected chi connectivity index (χ1v) is 7.89. The molecule has 0 aliphatic carbocycles. The van der Waals surface area contributed by atoms with Crippen molar-refractivity contribution in [3.63, 3.8) is 0 Å². The lowest BCUT2D eigenvalue weighted by Gasteiger charge is -2.22. The second kappa shape index (κ2) is 6.12. The van der Waals surface area contributed by atoms with E-state index in [-0.39, 0.29) is 5.41 Å². The topological polar surface area (TPSA) is 9.23 Å². The van der Waals surface area contributed by atoms with Gasteiger partial charge in [0.25, 0.3) is 0 Å². The molecule has 0 saturated carbocycles. The van der Waals surface area contributed by atoms with Crippen LogP contribution in [-0.2, 0) is 10.2 Å². The monoisotopic (exact) mass is 264 g/mol. The standard InChI is InChI=1S/C16H24OS/c1-16(2,3)13-7-9-15(10-8-13)18-12-14-6-4-5-11-17-14/h7-10,14H,4-6,11-12H2,1-3H3. The lowest BCUT2D eigenvalue weighted by atomic mass is 9.87. The van der Waals surface area contributed by atoms with Crippen molar-refractivity contribution < 1.29 is 4.74 Å². The first-order chi connectivity index (χ1) is 8.55. The molecule has 1 saturated heterocycles. The van der Waals surface area contributed by atoms with E-state index in [4.69, 9.17) is 4.74 Å². The summed E-state index contributed by atoms with van der Waals surface area (Å²) in [4.78, 5) is 1.36. The van der Waals surface area contributed by atoms with Gasteiger partial charge in [0.1, 0.15) is 0 Å². The predicted molar refractivity (Wildman–Crippen MR) is 79.5 cm³/mol. The van der Waals surface area contributed by atoms with Crippen LogP contribution in [0.3, 0.4) is 0 Å². The van der Waals surface area contributed by atoms with Crippen LogP contribution in [0.4, 0.5) is 0 Å². The fourth-order valence-corrected chi connectivity index (χ4v) is 3.15. The van der Waals surface area contributed by atoms with E-state index in [0.29, 0.717) is 6.10 Å². The molecule has 2 heteroatoms. The molecule has 1 nitrogen and oxygen atoms in total. The number of hydrogen-bond acceptors (Lipinski definition) is 2. The molecule has 0 amide bonds. The first kappa shape index (κ1) is 14.0. The molecule has 18 heavy (non-hydrogen) atoms. The third kappa shape index (κ3) is 4.03. The van der Waals surface area contributed by atoms with Gasteiger partial charge in [-0.15, -0.1) is 11.8 Å². The van der Waals surface area contributed by atoms with Crippen LogP contribution >= 0.6 is 11.8 Å². The molecule has 1 heterocycles. The summed E-state index contributed by atoms with van der Waals surface area (Å²) in [5.74, 6) is 1.09. The van der Waals surface area contributed by atoms with Crippen LogP contribution in [0.1, 0.15) is 45.6 Å². The van der Waals surface area contributed by atoms with Gasteiger partial charge in [-0.1, -0.05) is 32.9 Å². The van der Waals surface area contributed by atoms with Crippen molar-refractivity contribution in [1.82, 2.24) is 0 Å². The van der Waals surface area contributed by atoms with Crippen molar-refractivity contribution in [2.75, 3.05) is 12.4 Å². The zero-order valence-electron chi connectivity index (χ0n) is 11.7. The largest absolute Gasteiger partial charge is 0.377 e. The average molecular weight is 264 g/mol. The number of thioether (sulfide) groups is 1. The summed E-state index contributed by atoms with van der Waals surface area (Å²) in [6.45, 7) is 7.72. The molecule has 0 bridgehead atoms. The Balaban J connectivity index is 1.86. The number of benzene rings is 1. The smallest absolute Gasteiger partial charge is 0.0669 e. The Labute approximate surface area is 115 Å². The molecule has 1 aromatic rings. The van der Waals surface area contributed by atoms with E-state index in [1.807, 2.05) is 11.8 Å². The molecular weight excluding hydrogens is 240 g/mol. The lowest BCUT2D eigenvalue weighted by molar-refractivity contribution is 0.0315. The highest BCUT2D eigenvalue weighted by molar-refractivity contribution is 7.99. The van der Waals surface area contributed by atoms with Crippen molar-refractivity contribution in [2.45, 2.75) is 56.4 Å².